The van der Waals surface area contributed by atoms with Crippen molar-refractivity contribution in [2.75, 3.05) is 49.7 Å². The van der Waals surface area contributed by atoms with Gasteiger partial charge in [-0.2, -0.15) is 4.98 Å². The van der Waals surface area contributed by atoms with E-state index in [2.05, 4.69) is 39.3 Å². The number of nitrogens with zero attached hydrogens (tertiary/aromatic N) is 5. The molecule has 2 aromatic heterocycles. The van der Waals surface area contributed by atoms with Gasteiger partial charge in [0, 0.05) is 67.3 Å². The van der Waals surface area contributed by atoms with Crippen LogP contribution in [0.2, 0.25) is 0 Å². The lowest BCUT2D eigenvalue weighted by Gasteiger charge is -2.34. The number of anilines is 3. The van der Waals surface area contributed by atoms with Crippen molar-refractivity contribution in [1.82, 2.24) is 19.4 Å². The van der Waals surface area contributed by atoms with Gasteiger partial charge in [-0.1, -0.05) is 6.07 Å². The van der Waals surface area contributed by atoms with Crippen molar-refractivity contribution >= 4 is 38.2 Å². The molecule has 5 rings (SSSR count). The number of aromatic nitrogens is 3. The zero-order chi connectivity index (χ0) is 23.0. The maximum absolute atomic E-state index is 11.8. The van der Waals surface area contributed by atoms with Gasteiger partial charge in [0.25, 0.3) is 0 Å². The molecule has 170 valence electrons. The van der Waals surface area contributed by atoms with E-state index in [0.29, 0.717) is 10.8 Å². The Morgan fingerprint density at radius 2 is 1.70 bits per heavy atom. The lowest BCUT2D eigenvalue weighted by atomic mass is 10.2. The lowest BCUT2D eigenvalue weighted by molar-refractivity contribution is 0.313. The molecule has 0 saturated carbocycles. The molecule has 0 bridgehead atoms. The van der Waals surface area contributed by atoms with Gasteiger partial charge in [0.05, 0.1) is 4.90 Å². The summed E-state index contributed by atoms with van der Waals surface area (Å²) in [7, 11) is -1.09. The Kier molecular flexibility index (Phi) is 5.51. The molecule has 0 aliphatic carbocycles. The molecule has 0 atom stereocenters. The topological polar surface area (TPSA) is 83.4 Å². The van der Waals surface area contributed by atoms with Crippen LogP contribution < -0.4 is 10.2 Å². The number of benzene rings is 2. The van der Waals surface area contributed by atoms with Crippen LogP contribution in [-0.4, -0.2) is 67.3 Å². The Hall–Kier alpha value is -3.43. The smallest absolute Gasteiger partial charge is 0.229 e. The van der Waals surface area contributed by atoms with Gasteiger partial charge in [-0.05, 0) is 55.6 Å². The first-order valence-corrected chi connectivity index (χ1v) is 12.7. The second-order valence-electron chi connectivity index (χ2n) is 8.39. The third-order valence-corrected chi connectivity index (χ3v) is 7.07. The number of nitrogens with one attached hydrogen (secondary N) is 1. The summed E-state index contributed by atoms with van der Waals surface area (Å²) < 4.78 is 25.4. The molecule has 0 amide bonds. The van der Waals surface area contributed by atoms with E-state index < -0.39 is 9.84 Å². The van der Waals surface area contributed by atoms with Crippen molar-refractivity contribution in [2.45, 2.75) is 4.90 Å². The monoisotopic (exact) mass is 462 g/mol. The summed E-state index contributed by atoms with van der Waals surface area (Å²) in [6.07, 6.45) is 4.90. The van der Waals surface area contributed by atoms with E-state index in [-0.39, 0.29) is 0 Å². The molecular weight excluding hydrogens is 436 g/mol. The van der Waals surface area contributed by atoms with Crippen LogP contribution in [0.4, 0.5) is 17.3 Å². The van der Waals surface area contributed by atoms with Crippen LogP contribution in [0.5, 0.6) is 0 Å². The first-order valence-electron chi connectivity index (χ1n) is 10.8. The summed E-state index contributed by atoms with van der Waals surface area (Å²) in [5.74, 6) is 0.505. The number of hydrogen-bond acceptors (Lipinski definition) is 7. The minimum atomic E-state index is -3.24. The van der Waals surface area contributed by atoms with E-state index in [9.17, 15) is 8.42 Å². The Balaban J connectivity index is 1.41. The average molecular weight is 463 g/mol. The number of hydrogen-bond donors (Lipinski definition) is 1. The zero-order valence-corrected chi connectivity index (χ0v) is 19.5. The van der Waals surface area contributed by atoms with E-state index in [0.717, 1.165) is 48.6 Å². The zero-order valence-electron chi connectivity index (χ0n) is 18.6. The molecule has 33 heavy (non-hydrogen) atoms. The molecule has 8 nitrogen and oxygen atoms in total. The minimum absolute atomic E-state index is 0.292. The van der Waals surface area contributed by atoms with Crippen molar-refractivity contribution in [2.24, 2.45) is 0 Å². The number of rotatable bonds is 5. The van der Waals surface area contributed by atoms with Crippen LogP contribution in [0.25, 0.3) is 16.7 Å². The van der Waals surface area contributed by atoms with E-state index in [1.54, 1.807) is 30.5 Å². The van der Waals surface area contributed by atoms with Gasteiger partial charge in [0.2, 0.25) is 5.95 Å². The molecule has 1 saturated heterocycles. The third kappa shape index (κ3) is 4.55. The number of likely N-dealkylation sites (N-methyl/N-ethyl adjacent to an activating group) is 1. The van der Waals surface area contributed by atoms with Crippen molar-refractivity contribution in [3.63, 3.8) is 0 Å². The third-order valence-electron chi connectivity index (χ3n) is 5.94. The summed E-state index contributed by atoms with van der Waals surface area (Å²) in [5, 5.41) is 4.23. The van der Waals surface area contributed by atoms with Gasteiger partial charge in [-0.3, -0.25) is 0 Å². The Labute approximate surface area is 193 Å². The second kappa shape index (κ2) is 8.49. The molecule has 1 aliphatic rings. The van der Waals surface area contributed by atoms with Crippen LogP contribution in [0.15, 0.2) is 71.9 Å². The molecule has 2 aromatic carbocycles. The summed E-state index contributed by atoms with van der Waals surface area (Å²) in [5.41, 5.74) is 3.69. The van der Waals surface area contributed by atoms with Crippen molar-refractivity contribution in [1.29, 1.82) is 0 Å². The predicted octanol–water partition coefficient (Wildman–Crippen LogP) is 3.32. The van der Waals surface area contributed by atoms with Gasteiger partial charge < -0.3 is 19.7 Å². The van der Waals surface area contributed by atoms with Crippen molar-refractivity contribution in [3.8, 4) is 5.69 Å². The fourth-order valence-electron chi connectivity index (χ4n) is 4.01. The second-order valence-corrected chi connectivity index (χ2v) is 10.4. The maximum Gasteiger partial charge on any atom is 0.229 e. The van der Waals surface area contributed by atoms with E-state index in [4.69, 9.17) is 4.98 Å². The van der Waals surface area contributed by atoms with Gasteiger partial charge in [-0.25, -0.2) is 13.4 Å². The average Bonchev–Trinajstić information content (AvgIpc) is 3.22. The van der Waals surface area contributed by atoms with Crippen LogP contribution in [0.1, 0.15) is 0 Å². The van der Waals surface area contributed by atoms with E-state index in [1.165, 1.54) is 11.9 Å². The van der Waals surface area contributed by atoms with E-state index >= 15 is 0 Å². The standard InChI is InChI=1S/C24H26N6O2S/c1-28-12-14-29(15-13-28)21-5-3-4-19(16-21)26-24-25-17-18-10-11-30(23(18)27-24)20-6-8-22(9-7-20)33(2,31)32/h3-11,16-17H,12-15H2,1-2H3,(H,25,26,27). The highest BCUT2D eigenvalue weighted by Crippen LogP contribution is 2.25. The first-order chi connectivity index (χ1) is 15.9. The molecular formula is C24H26N6O2S. The number of piperazine rings is 1. The highest BCUT2D eigenvalue weighted by atomic mass is 32.2. The van der Waals surface area contributed by atoms with Crippen LogP contribution in [0.3, 0.4) is 0 Å². The molecule has 0 unspecified atom stereocenters. The Morgan fingerprint density at radius 3 is 2.42 bits per heavy atom. The Bertz CT molecular complexity index is 1390. The summed E-state index contributed by atoms with van der Waals surface area (Å²) in [6.45, 7) is 4.13. The van der Waals surface area contributed by atoms with Gasteiger partial charge in [0.1, 0.15) is 5.65 Å². The summed E-state index contributed by atoms with van der Waals surface area (Å²) in [6, 6.07) is 17.0. The number of sulfone groups is 1. The fraction of sp³-hybridized carbons (Fsp3) is 0.250. The fourth-order valence-corrected chi connectivity index (χ4v) is 4.65. The number of fused-ring (bicyclic) bond motifs is 1. The molecule has 1 N–H and O–H groups in total. The minimum Gasteiger partial charge on any atom is -0.369 e. The van der Waals surface area contributed by atoms with Gasteiger partial charge >= 0.3 is 0 Å². The quantitative estimate of drug-likeness (QED) is 0.487. The van der Waals surface area contributed by atoms with Crippen LogP contribution >= 0.6 is 0 Å². The predicted molar refractivity (Wildman–Crippen MR) is 131 cm³/mol. The van der Waals surface area contributed by atoms with Gasteiger partial charge in [-0.15, -0.1) is 0 Å². The summed E-state index contributed by atoms with van der Waals surface area (Å²) >= 11 is 0. The maximum atomic E-state index is 11.8. The largest absolute Gasteiger partial charge is 0.369 e. The van der Waals surface area contributed by atoms with Gasteiger partial charge in [0.15, 0.2) is 9.84 Å². The Morgan fingerprint density at radius 1 is 0.939 bits per heavy atom. The normalized spacial score (nSPS) is 15.2. The SMILES string of the molecule is CN1CCN(c2cccc(Nc3ncc4ccn(-c5ccc(S(C)(=O)=O)cc5)c4n3)c2)CC1. The summed E-state index contributed by atoms with van der Waals surface area (Å²) in [4.78, 5) is 14.2. The van der Waals surface area contributed by atoms with Crippen LogP contribution in [-0.2, 0) is 9.84 Å². The molecule has 4 aromatic rings. The highest BCUT2D eigenvalue weighted by molar-refractivity contribution is 7.90. The van der Waals surface area contributed by atoms with E-state index in [1.807, 2.05) is 29.0 Å². The molecule has 9 heteroatoms. The molecule has 1 fully saturated rings. The first kappa shape index (κ1) is 21.4. The highest BCUT2D eigenvalue weighted by Gasteiger charge is 2.15. The molecule has 3 heterocycles. The van der Waals surface area contributed by atoms with Crippen molar-refractivity contribution < 1.29 is 8.42 Å². The molecule has 0 spiro atoms. The molecule has 0 radical (unpaired) electrons. The molecule has 1 aliphatic heterocycles. The van der Waals surface area contributed by atoms with Crippen LogP contribution in [0, 0.1) is 0 Å². The lowest BCUT2D eigenvalue weighted by Crippen LogP contribution is -2.44. The van der Waals surface area contributed by atoms with Crippen molar-refractivity contribution in [3.05, 3.63) is 67.0 Å².